The number of ether oxygens (including phenoxy) is 1. The molecule has 246 valence electrons. The lowest BCUT2D eigenvalue weighted by molar-refractivity contribution is -0.143. The number of hydrogen-bond acceptors (Lipinski definition) is 6. The number of amides is 3. The van der Waals surface area contributed by atoms with Gasteiger partial charge in [-0.2, -0.15) is 31.3 Å². The van der Waals surface area contributed by atoms with Crippen LogP contribution in [-0.4, -0.2) is 44.2 Å². The Labute approximate surface area is 268 Å². The third kappa shape index (κ3) is 7.65. The molecular weight excluding hydrogens is 650 g/mol. The second-order valence-electron chi connectivity index (χ2n) is 10.4. The number of nitrogens with zero attached hydrogens (tertiary/aromatic N) is 5. The lowest BCUT2D eigenvalue weighted by Crippen LogP contribution is -2.31. The standard InChI is InChI=1S/C31H26F6N6O3S/c1-4-46-14-20-6-5-17(2)9-25(20)43-26(44)15-47-29(43)40-28(45)39-24-8-7-19(10-18(24)3)27-38-16-42(41-27)23-12-21(30(32,33)34)11-22(13-23)31(35,36)37/h5-13,16H,4,14-15H2,1-3H3,(H,39,45)/b40-29-. The second-order valence-corrected chi connectivity index (χ2v) is 11.4. The first kappa shape index (κ1) is 33.7. The van der Waals surface area contributed by atoms with Crippen LogP contribution in [0.15, 0.2) is 65.9 Å². The molecule has 1 aliphatic heterocycles. The van der Waals surface area contributed by atoms with Gasteiger partial charge in [-0.3, -0.25) is 9.69 Å². The molecule has 0 radical (unpaired) electrons. The number of aromatic nitrogens is 3. The molecule has 3 amide bonds. The maximum atomic E-state index is 13.3. The summed E-state index contributed by atoms with van der Waals surface area (Å²) in [7, 11) is 0. The average Bonchev–Trinajstić information content (AvgIpc) is 3.63. The summed E-state index contributed by atoms with van der Waals surface area (Å²) < 4.78 is 86.3. The van der Waals surface area contributed by atoms with Crippen LogP contribution in [-0.2, 0) is 28.5 Å². The van der Waals surface area contributed by atoms with E-state index in [-0.39, 0.29) is 35.3 Å². The number of aliphatic imine (C=N–C) groups is 1. The van der Waals surface area contributed by atoms with Gasteiger partial charge in [0, 0.05) is 23.4 Å². The van der Waals surface area contributed by atoms with Gasteiger partial charge < -0.3 is 10.1 Å². The zero-order chi connectivity index (χ0) is 34.1. The van der Waals surface area contributed by atoms with Crippen molar-refractivity contribution in [3.05, 3.63) is 88.7 Å². The van der Waals surface area contributed by atoms with Crippen molar-refractivity contribution < 1.29 is 40.7 Å². The first-order valence-corrected chi connectivity index (χ1v) is 15.0. The van der Waals surface area contributed by atoms with E-state index in [1.165, 1.54) is 17.0 Å². The lowest BCUT2D eigenvalue weighted by atomic mass is 10.1. The van der Waals surface area contributed by atoms with Crippen molar-refractivity contribution >= 4 is 40.2 Å². The molecule has 0 aliphatic carbocycles. The normalized spacial score (nSPS) is 14.7. The van der Waals surface area contributed by atoms with Crippen LogP contribution in [0.1, 0.15) is 34.7 Å². The third-order valence-corrected chi connectivity index (χ3v) is 7.88. The summed E-state index contributed by atoms with van der Waals surface area (Å²) in [5, 5.41) is 6.96. The Morgan fingerprint density at radius 3 is 2.34 bits per heavy atom. The van der Waals surface area contributed by atoms with Gasteiger partial charge in [0.05, 0.1) is 34.9 Å². The molecule has 16 heteroatoms. The van der Waals surface area contributed by atoms with E-state index in [1.807, 2.05) is 32.0 Å². The molecule has 9 nitrogen and oxygen atoms in total. The minimum absolute atomic E-state index is 0.0229. The van der Waals surface area contributed by atoms with Crippen LogP contribution in [0.3, 0.4) is 0 Å². The van der Waals surface area contributed by atoms with Crippen LogP contribution >= 0.6 is 11.8 Å². The number of urea groups is 1. The first-order chi connectivity index (χ1) is 22.1. The Hall–Kier alpha value is -4.70. The Morgan fingerprint density at radius 2 is 1.70 bits per heavy atom. The molecule has 2 heterocycles. The van der Waals surface area contributed by atoms with E-state index < -0.39 is 35.2 Å². The summed E-state index contributed by atoms with van der Waals surface area (Å²) in [4.78, 5) is 35.4. The molecule has 4 aromatic rings. The van der Waals surface area contributed by atoms with Gasteiger partial charge >= 0.3 is 18.4 Å². The van der Waals surface area contributed by atoms with Crippen molar-refractivity contribution in [3.8, 4) is 17.1 Å². The number of amidine groups is 1. The van der Waals surface area contributed by atoms with Crippen LogP contribution in [0, 0.1) is 13.8 Å². The van der Waals surface area contributed by atoms with Crippen LogP contribution in [0.2, 0.25) is 0 Å². The molecule has 0 spiro atoms. The molecule has 1 aliphatic rings. The number of anilines is 2. The largest absolute Gasteiger partial charge is 0.416 e. The van der Waals surface area contributed by atoms with Crippen LogP contribution in [0.5, 0.6) is 0 Å². The Bertz CT molecular complexity index is 1840. The second kappa shape index (κ2) is 13.2. The summed E-state index contributed by atoms with van der Waals surface area (Å²) >= 11 is 1.12. The smallest absolute Gasteiger partial charge is 0.377 e. The molecule has 0 saturated carbocycles. The molecule has 1 aromatic heterocycles. The van der Waals surface area contributed by atoms with Gasteiger partial charge in [-0.25, -0.2) is 14.5 Å². The van der Waals surface area contributed by atoms with Crippen LogP contribution in [0.25, 0.3) is 17.1 Å². The molecule has 1 N–H and O–H groups in total. The Balaban J connectivity index is 1.36. The number of thioether (sulfide) groups is 1. The summed E-state index contributed by atoms with van der Waals surface area (Å²) in [6.07, 6.45) is -9.02. The van der Waals surface area contributed by atoms with Crippen molar-refractivity contribution in [1.82, 2.24) is 14.8 Å². The molecule has 0 atom stereocenters. The van der Waals surface area contributed by atoms with Gasteiger partial charge in [0.2, 0.25) is 5.91 Å². The number of benzene rings is 3. The predicted molar refractivity (Wildman–Crippen MR) is 164 cm³/mol. The topological polar surface area (TPSA) is 102 Å². The molecule has 1 fully saturated rings. The molecular formula is C31H26F6N6O3S. The molecule has 3 aromatic carbocycles. The number of rotatable bonds is 7. The number of hydrogen-bond donors (Lipinski definition) is 1. The van der Waals surface area contributed by atoms with Crippen LogP contribution < -0.4 is 10.2 Å². The van der Waals surface area contributed by atoms with E-state index >= 15 is 0 Å². The summed E-state index contributed by atoms with van der Waals surface area (Å²) in [5.74, 6) is -0.119. The number of carbonyl (C=O) groups is 2. The predicted octanol–water partition coefficient (Wildman–Crippen LogP) is 7.79. The number of halogens is 6. The maximum absolute atomic E-state index is 13.3. The Morgan fingerprint density at radius 1 is 1.00 bits per heavy atom. The zero-order valence-electron chi connectivity index (χ0n) is 25.0. The fourth-order valence-corrected chi connectivity index (χ4v) is 5.52. The fraction of sp³-hybridized carbons (Fsp3) is 0.258. The van der Waals surface area contributed by atoms with Crippen molar-refractivity contribution in [2.75, 3.05) is 22.6 Å². The highest BCUT2D eigenvalue weighted by Crippen LogP contribution is 2.37. The van der Waals surface area contributed by atoms with E-state index in [0.717, 1.165) is 33.9 Å². The SMILES string of the molecule is CCOCc1ccc(C)cc1N1C(=O)CS/C1=N\C(=O)Nc1ccc(-c2ncn(-c3cc(C(F)(F)F)cc(C(F)(F)F)c3)n2)cc1C. The minimum Gasteiger partial charge on any atom is -0.377 e. The van der Waals surface area contributed by atoms with Gasteiger partial charge in [-0.1, -0.05) is 23.9 Å². The molecule has 0 unspecified atom stereocenters. The van der Waals surface area contributed by atoms with Gasteiger partial charge in [0.1, 0.15) is 6.33 Å². The van der Waals surface area contributed by atoms with Gasteiger partial charge in [0.25, 0.3) is 0 Å². The van der Waals surface area contributed by atoms with Crippen molar-refractivity contribution in [2.24, 2.45) is 4.99 Å². The van der Waals surface area contributed by atoms with Gasteiger partial charge in [-0.05, 0) is 74.4 Å². The zero-order valence-corrected chi connectivity index (χ0v) is 25.8. The monoisotopic (exact) mass is 676 g/mol. The fourth-order valence-electron chi connectivity index (χ4n) is 4.66. The molecule has 0 bridgehead atoms. The number of aryl methyl sites for hydroxylation is 2. The molecule has 5 rings (SSSR count). The summed E-state index contributed by atoms with van der Waals surface area (Å²) in [6, 6.07) is 10.6. The van der Waals surface area contributed by atoms with Crippen molar-refractivity contribution in [2.45, 2.75) is 39.7 Å². The van der Waals surface area contributed by atoms with Crippen molar-refractivity contribution in [3.63, 3.8) is 0 Å². The van der Waals surface area contributed by atoms with E-state index in [2.05, 4.69) is 20.4 Å². The highest BCUT2D eigenvalue weighted by atomic mass is 32.2. The third-order valence-electron chi connectivity index (χ3n) is 6.96. The first-order valence-electron chi connectivity index (χ1n) is 14.0. The summed E-state index contributed by atoms with van der Waals surface area (Å²) in [5.41, 5.74) is 0.102. The van der Waals surface area contributed by atoms with E-state index in [0.29, 0.717) is 41.2 Å². The minimum atomic E-state index is -5.01. The summed E-state index contributed by atoms with van der Waals surface area (Å²) in [6.45, 7) is 6.16. The quantitative estimate of drug-likeness (QED) is 0.201. The van der Waals surface area contributed by atoms with Gasteiger partial charge in [-0.15, -0.1) is 5.10 Å². The highest BCUT2D eigenvalue weighted by molar-refractivity contribution is 8.15. The van der Waals surface area contributed by atoms with Crippen LogP contribution in [0.4, 0.5) is 42.5 Å². The molecule has 47 heavy (non-hydrogen) atoms. The van der Waals surface area contributed by atoms with Crippen molar-refractivity contribution in [1.29, 1.82) is 0 Å². The van der Waals surface area contributed by atoms with Gasteiger partial charge in [0.15, 0.2) is 11.0 Å². The van der Waals surface area contributed by atoms with E-state index in [1.54, 1.807) is 13.0 Å². The number of nitrogens with one attached hydrogen (secondary N) is 1. The lowest BCUT2D eigenvalue weighted by Gasteiger charge is -2.20. The maximum Gasteiger partial charge on any atom is 0.416 e. The Kier molecular flexibility index (Phi) is 9.45. The number of alkyl halides is 6. The number of carbonyl (C=O) groups excluding carboxylic acids is 2. The average molecular weight is 677 g/mol. The van der Waals surface area contributed by atoms with E-state index in [4.69, 9.17) is 4.74 Å². The van der Waals surface area contributed by atoms with E-state index in [9.17, 15) is 35.9 Å². The molecule has 1 saturated heterocycles. The highest BCUT2D eigenvalue weighted by Gasteiger charge is 2.37.